The Hall–Kier alpha value is -3.39. The second kappa shape index (κ2) is 7.56. The van der Waals surface area contributed by atoms with Gasteiger partial charge in [-0.1, -0.05) is 19.1 Å². The summed E-state index contributed by atoms with van der Waals surface area (Å²) in [5.41, 5.74) is 10.8. The molecule has 2 fully saturated rings. The summed E-state index contributed by atoms with van der Waals surface area (Å²) >= 11 is 0. The third-order valence-electron chi connectivity index (χ3n) is 8.88. The van der Waals surface area contributed by atoms with Crippen LogP contribution in [0, 0.1) is 11.7 Å². The number of aromatic nitrogens is 3. The van der Waals surface area contributed by atoms with E-state index in [1.807, 2.05) is 16.5 Å². The summed E-state index contributed by atoms with van der Waals surface area (Å²) in [5.74, 6) is 0.473. The zero-order chi connectivity index (χ0) is 24.9. The van der Waals surface area contributed by atoms with Crippen molar-refractivity contribution in [2.45, 2.75) is 57.3 Å². The molecule has 1 saturated carbocycles. The van der Waals surface area contributed by atoms with Crippen LogP contribution in [-0.4, -0.2) is 49.6 Å². The van der Waals surface area contributed by atoms with E-state index < -0.39 is 5.82 Å². The summed E-state index contributed by atoms with van der Waals surface area (Å²) in [6.45, 7) is 5.05. The number of likely N-dealkylation sites (tertiary alicyclic amines) is 1. The van der Waals surface area contributed by atoms with Crippen LogP contribution in [-0.2, 0) is 7.05 Å². The summed E-state index contributed by atoms with van der Waals surface area (Å²) in [7, 11) is 1.85. The zero-order valence-corrected chi connectivity index (χ0v) is 20.8. The summed E-state index contributed by atoms with van der Waals surface area (Å²) in [5, 5.41) is 4.77. The number of nitrogens with one attached hydrogen (secondary N) is 1. The molecule has 4 heterocycles. The molecule has 2 aromatic heterocycles. The van der Waals surface area contributed by atoms with E-state index >= 15 is 4.39 Å². The molecule has 2 aliphatic heterocycles. The van der Waals surface area contributed by atoms with Crippen molar-refractivity contribution in [1.82, 2.24) is 19.0 Å². The number of amides is 1. The third kappa shape index (κ3) is 2.82. The molecule has 0 radical (unpaired) electrons. The Labute approximate surface area is 209 Å². The number of piperidine rings is 1. The molecule has 4 aromatic rings. The van der Waals surface area contributed by atoms with Crippen LogP contribution in [0.2, 0.25) is 0 Å². The van der Waals surface area contributed by atoms with Gasteiger partial charge in [-0.15, -0.1) is 0 Å². The van der Waals surface area contributed by atoms with Crippen LogP contribution in [0.4, 0.5) is 10.1 Å². The fraction of sp³-hybridized carbons (Fsp3) is 0.429. The average molecular weight is 487 g/mol. The lowest BCUT2D eigenvalue weighted by atomic mass is 10.0. The Bertz CT molecular complexity index is 1550. The first-order chi connectivity index (χ1) is 17.4. The molecule has 5 atom stereocenters. The minimum atomic E-state index is -0.428. The fourth-order valence-corrected chi connectivity index (χ4v) is 7.12. The van der Waals surface area contributed by atoms with Crippen molar-refractivity contribution in [3.8, 4) is 11.5 Å². The maximum Gasteiger partial charge on any atom is 0.254 e. The van der Waals surface area contributed by atoms with E-state index in [0.717, 1.165) is 41.5 Å². The van der Waals surface area contributed by atoms with Crippen LogP contribution in [0.25, 0.3) is 33.5 Å². The molecule has 3 N–H and O–H groups in total. The number of carbonyl (C=O) groups is 1. The number of nitrogens with two attached hydrogens (primary N) is 1. The Morgan fingerprint density at radius 2 is 2.06 bits per heavy atom. The monoisotopic (exact) mass is 486 g/mol. The van der Waals surface area contributed by atoms with Crippen LogP contribution in [0.3, 0.4) is 0 Å². The van der Waals surface area contributed by atoms with E-state index in [2.05, 4.69) is 48.0 Å². The van der Waals surface area contributed by atoms with Crippen molar-refractivity contribution in [3.05, 3.63) is 47.8 Å². The van der Waals surface area contributed by atoms with Gasteiger partial charge in [-0.3, -0.25) is 4.79 Å². The van der Waals surface area contributed by atoms with Gasteiger partial charge in [-0.25, -0.2) is 9.37 Å². The normalized spacial score (nSPS) is 26.8. The van der Waals surface area contributed by atoms with Gasteiger partial charge in [-0.05, 0) is 56.4 Å². The summed E-state index contributed by atoms with van der Waals surface area (Å²) in [6.07, 6.45) is 2.94. The van der Waals surface area contributed by atoms with Gasteiger partial charge in [0.1, 0.15) is 11.3 Å². The number of carbonyl (C=O) groups excluding carboxylic acids is 1. The van der Waals surface area contributed by atoms with Crippen LogP contribution < -0.4 is 11.1 Å². The third-order valence-corrected chi connectivity index (χ3v) is 8.88. The topological polar surface area (TPSA) is 81.1 Å². The Balaban J connectivity index is 1.37. The molecule has 186 valence electrons. The van der Waals surface area contributed by atoms with Gasteiger partial charge in [0.15, 0.2) is 5.82 Å². The molecule has 3 aliphatic rings. The fourth-order valence-electron chi connectivity index (χ4n) is 7.12. The van der Waals surface area contributed by atoms with Gasteiger partial charge in [-0.2, -0.15) is 0 Å². The quantitative estimate of drug-likeness (QED) is 0.441. The molecule has 36 heavy (non-hydrogen) atoms. The average Bonchev–Trinajstić information content (AvgIpc) is 3.60. The van der Waals surface area contributed by atoms with Gasteiger partial charge in [0, 0.05) is 42.7 Å². The second-order valence-electron chi connectivity index (χ2n) is 10.8. The zero-order valence-electron chi connectivity index (χ0n) is 20.8. The van der Waals surface area contributed by atoms with Gasteiger partial charge >= 0.3 is 0 Å². The van der Waals surface area contributed by atoms with Gasteiger partial charge in [0.2, 0.25) is 0 Å². The molecule has 2 aromatic carbocycles. The first-order valence-corrected chi connectivity index (χ1v) is 13.0. The smallest absolute Gasteiger partial charge is 0.254 e. The van der Waals surface area contributed by atoms with Crippen LogP contribution in [0.15, 0.2) is 36.4 Å². The summed E-state index contributed by atoms with van der Waals surface area (Å²) < 4.78 is 19.7. The Morgan fingerprint density at radius 3 is 2.78 bits per heavy atom. The van der Waals surface area contributed by atoms with Crippen LogP contribution >= 0.6 is 0 Å². The number of anilines is 1. The number of rotatable bonds is 3. The van der Waals surface area contributed by atoms with E-state index in [9.17, 15) is 4.79 Å². The second-order valence-corrected chi connectivity index (χ2v) is 10.8. The standard InChI is InChI=1S/C28H31FN6O/c1-4-21-14(2)31-19-7-5-6-15-12-23(35(21)25(15)19)27-32-20-11-17(10-18(29)26(20)33(27)3)28(36)34-13-16-8-9-22(34)24(16)30/h5-7,10-12,14,16,21-22,24,31H,4,8-9,13,30H2,1-3H3/t14?,16-,21?,22-,24-/m1/s1. The lowest BCUT2D eigenvalue weighted by molar-refractivity contribution is 0.0700. The molecule has 1 amide bonds. The highest BCUT2D eigenvalue weighted by Crippen LogP contribution is 2.42. The van der Waals surface area contributed by atoms with Crippen molar-refractivity contribution in [3.63, 3.8) is 0 Å². The van der Waals surface area contributed by atoms with E-state index in [0.29, 0.717) is 34.9 Å². The lowest BCUT2D eigenvalue weighted by Gasteiger charge is -2.34. The number of halogens is 1. The largest absolute Gasteiger partial charge is 0.379 e. The van der Waals surface area contributed by atoms with E-state index in [1.54, 1.807) is 6.07 Å². The van der Waals surface area contributed by atoms with Crippen LogP contribution in [0.1, 0.15) is 49.5 Å². The minimum absolute atomic E-state index is 0.0257. The van der Waals surface area contributed by atoms with Crippen molar-refractivity contribution in [2.24, 2.45) is 18.7 Å². The molecule has 1 aliphatic carbocycles. The van der Waals surface area contributed by atoms with Crippen molar-refractivity contribution < 1.29 is 9.18 Å². The SMILES string of the molecule is CCC1C(C)Nc2cccc3cc(-c4nc5cc(C(=O)N6C[C@H]7CC[C@@H]6[C@@H]7N)cc(F)c5n4C)n1c23. The highest BCUT2D eigenvalue weighted by molar-refractivity contribution is 6.00. The molecular weight excluding hydrogens is 455 g/mol. The molecule has 2 bridgehead atoms. The predicted octanol–water partition coefficient (Wildman–Crippen LogP) is 4.66. The number of imidazole rings is 1. The first kappa shape index (κ1) is 21.9. The summed E-state index contributed by atoms with van der Waals surface area (Å²) in [4.78, 5) is 20.1. The van der Waals surface area contributed by atoms with E-state index in [1.165, 1.54) is 6.07 Å². The van der Waals surface area contributed by atoms with Crippen molar-refractivity contribution >= 4 is 33.5 Å². The molecule has 1 saturated heterocycles. The number of benzene rings is 2. The van der Waals surface area contributed by atoms with Gasteiger partial charge < -0.3 is 25.1 Å². The highest BCUT2D eigenvalue weighted by atomic mass is 19.1. The minimum Gasteiger partial charge on any atom is -0.379 e. The first-order valence-electron chi connectivity index (χ1n) is 13.0. The maximum atomic E-state index is 15.5. The van der Waals surface area contributed by atoms with Gasteiger partial charge in [0.05, 0.1) is 28.5 Å². The Morgan fingerprint density at radius 1 is 1.22 bits per heavy atom. The highest BCUT2D eigenvalue weighted by Gasteiger charge is 2.47. The lowest BCUT2D eigenvalue weighted by Crippen LogP contribution is -2.41. The summed E-state index contributed by atoms with van der Waals surface area (Å²) in [6, 6.07) is 12.1. The number of aryl methyl sites for hydroxylation is 1. The molecule has 2 unspecified atom stereocenters. The van der Waals surface area contributed by atoms with E-state index in [4.69, 9.17) is 10.7 Å². The van der Waals surface area contributed by atoms with E-state index in [-0.39, 0.29) is 30.1 Å². The van der Waals surface area contributed by atoms with Crippen molar-refractivity contribution in [2.75, 3.05) is 11.9 Å². The number of nitrogens with zero attached hydrogens (tertiary/aromatic N) is 4. The Kier molecular flexibility index (Phi) is 4.59. The number of para-hydroxylation sites is 1. The molecule has 8 heteroatoms. The number of hydrogen-bond donors (Lipinski definition) is 2. The van der Waals surface area contributed by atoms with Crippen LogP contribution in [0.5, 0.6) is 0 Å². The predicted molar refractivity (Wildman–Crippen MR) is 140 cm³/mol. The molecule has 7 rings (SSSR count). The van der Waals surface area contributed by atoms with Gasteiger partial charge in [0.25, 0.3) is 5.91 Å². The van der Waals surface area contributed by atoms with Crippen molar-refractivity contribution in [1.29, 1.82) is 0 Å². The molecule has 7 nitrogen and oxygen atoms in total. The number of hydrogen-bond acceptors (Lipinski definition) is 4. The molecular formula is C28H31FN6O. The molecule has 0 spiro atoms. The maximum absolute atomic E-state index is 15.5. The number of fused-ring (bicyclic) bond motifs is 3.